The standard InChI is InChI=1S/C25H22FN3O3S2/c1-17-8-10-21(11-9-17)29(2)34(31,32)24-22(19-6-3-7-20(26)13-19)16-33-23(24)25(30)28-15-18-5-4-12-27-14-18/h3-14,16H,15H2,1-2H3,(H,28,30). The topological polar surface area (TPSA) is 79.4 Å². The predicted molar refractivity (Wildman–Crippen MR) is 132 cm³/mol. The van der Waals surface area contributed by atoms with Gasteiger partial charge < -0.3 is 5.32 Å². The minimum Gasteiger partial charge on any atom is -0.347 e. The molecule has 0 bridgehead atoms. The number of nitrogens with one attached hydrogen (secondary N) is 1. The Hall–Kier alpha value is -3.56. The van der Waals surface area contributed by atoms with Crippen LogP contribution in [-0.2, 0) is 16.6 Å². The van der Waals surface area contributed by atoms with Crippen LogP contribution in [-0.4, -0.2) is 26.4 Å². The van der Waals surface area contributed by atoms with E-state index in [1.54, 1.807) is 42.0 Å². The molecule has 0 saturated heterocycles. The Balaban J connectivity index is 1.78. The van der Waals surface area contributed by atoms with Crippen molar-refractivity contribution in [1.82, 2.24) is 10.3 Å². The number of halogens is 1. The van der Waals surface area contributed by atoms with Gasteiger partial charge in [0.1, 0.15) is 15.6 Å². The Morgan fingerprint density at radius 2 is 1.88 bits per heavy atom. The molecule has 2 aromatic carbocycles. The smallest absolute Gasteiger partial charge is 0.266 e. The molecule has 1 amide bonds. The summed E-state index contributed by atoms with van der Waals surface area (Å²) in [5.41, 5.74) is 2.86. The molecule has 0 spiro atoms. The Labute approximate surface area is 201 Å². The summed E-state index contributed by atoms with van der Waals surface area (Å²) in [6.45, 7) is 2.09. The summed E-state index contributed by atoms with van der Waals surface area (Å²) in [6, 6.07) is 16.2. The van der Waals surface area contributed by atoms with E-state index < -0.39 is 21.7 Å². The van der Waals surface area contributed by atoms with E-state index in [-0.39, 0.29) is 21.9 Å². The maximum Gasteiger partial charge on any atom is 0.266 e. The molecule has 4 rings (SSSR count). The number of nitrogens with zero attached hydrogens (tertiary/aromatic N) is 2. The lowest BCUT2D eigenvalue weighted by Gasteiger charge is -2.21. The number of anilines is 1. The number of pyridine rings is 1. The molecular weight excluding hydrogens is 473 g/mol. The molecule has 6 nitrogen and oxygen atoms in total. The van der Waals surface area contributed by atoms with Crippen LogP contribution in [0.15, 0.2) is 83.3 Å². The van der Waals surface area contributed by atoms with Gasteiger partial charge >= 0.3 is 0 Å². The van der Waals surface area contributed by atoms with Gasteiger partial charge in [0, 0.05) is 36.9 Å². The van der Waals surface area contributed by atoms with Gasteiger partial charge in [-0.1, -0.05) is 35.9 Å². The first kappa shape index (κ1) is 23.6. The third-order valence-corrected chi connectivity index (χ3v) is 8.26. The van der Waals surface area contributed by atoms with Crippen molar-refractivity contribution >= 4 is 33.0 Å². The number of carbonyl (C=O) groups is 1. The second-order valence-corrected chi connectivity index (χ2v) is 10.5. The third-order valence-electron chi connectivity index (χ3n) is 5.28. The quantitative estimate of drug-likeness (QED) is 0.391. The maximum absolute atomic E-state index is 14.0. The van der Waals surface area contributed by atoms with Crippen LogP contribution in [0.5, 0.6) is 0 Å². The van der Waals surface area contributed by atoms with Crippen molar-refractivity contribution in [3.8, 4) is 11.1 Å². The second kappa shape index (κ2) is 9.74. The number of aryl methyl sites for hydroxylation is 1. The molecule has 4 aromatic rings. The predicted octanol–water partition coefficient (Wildman–Crippen LogP) is 5.01. The van der Waals surface area contributed by atoms with Crippen LogP contribution in [0.3, 0.4) is 0 Å². The second-order valence-electron chi connectivity index (χ2n) is 7.67. The minimum absolute atomic E-state index is 0.0297. The van der Waals surface area contributed by atoms with Gasteiger partial charge in [0.25, 0.3) is 15.9 Å². The number of rotatable bonds is 7. The molecule has 9 heteroatoms. The van der Waals surface area contributed by atoms with Crippen molar-refractivity contribution in [2.75, 3.05) is 11.4 Å². The molecule has 0 unspecified atom stereocenters. The van der Waals surface area contributed by atoms with E-state index >= 15 is 0 Å². The van der Waals surface area contributed by atoms with E-state index in [2.05, 4.69) is 10.3 Å². The van der Waals surface area contributed by atoms with Crippen LogP contribution >= 0.6 is 11.3 Å². The van der Waals surface area contributed by atoms with Crippen molar-refractivity contribution in [3.63, 3.8) is 0 Å². The summed E-state index contributed by atoms with van der Waals surface area (Å²) in [4.78, 5) is 17.0. The number of aromatic nitrogens is 1. The zero-order valence-electron chi connectivity index (χ0n) is 18.5. The van der Waals surface area contributed by atoms with Gasteiger partial charge in [-0.3, -0.25) is 14.1 Å². The first-order valence-corrected chi connectivity index (χ1v) is 12.7. The summed E-state index contributed by atoms with van der Waals surface area (Å²) in [5, 5.41) is 4.34. The number of amides is 1. The summed E-state index contributed by atoms with van der Waals surface area (Å²) in [5.74, 6) is -1.03. The Bertz CT molecular complexity index is 1420. The normalized spacial score (nSPS) is 11.3. The maximum atomic E-state index is 14.0. The number of benzene rings is 2. The van der Waals surface area contributed by atoms with E-state index in [0.717, 1.165) is 26.8 Å². The van der Waals surface area contributed by atoms with Crippen molar-refractivity contribution in [2.24, 2.45) is 0 Å². The number of hydrogen-bond donors (Lipinski definition) is 1. The van der Waals surface area contributed by atoms with Gasteiger partial charge in [0.15, 0.2) is 0 Å². The average molecular weight is 496 g/mol. The van der Waals surface area contributed by atoms with Gasteiger partial charge in [-0.2, -0.15) is 0 Å². The van der Waals surface area contributed by atoms with Crippen molar-refractivity contribution in [2.45, 2.75) is 18.4 Å². The fourth-order valence-corrected chi connectivity index (χ4v) is 6.29. The first-order valence-electron chi connectivity index (χ1n) is 10.4. The van der Waals surface area contributed by atoms with E-state index in [1.165, 1.54) is 25.2 Å². The molecule has 0 aliphatic rings. The van der Waals surface area contributed by atoms with Crippen LogP contribution in [0, 0.1) is 12.7 Å². The van der Waals surface area contributed by atoms with Gasteiger partial charge in [-0.15, -0.1) is 11.3 Å². The molecule has 2 aromatic heterocycles. The van der Waals surface area contributed by atoms with Crippen molar-refractivity contribution in [3.05, 3.63) is 100 Å². The summed E-state index contributed by atoms with van der Waals surface area (Å²) in [6.07, 6.45) is 3.25. The summed E-state index contributed by atoms with van der Waals surface area (Å²) >= 11 is 1.01. The average Bonchev–Trinajstić information content (AvgIpc) is 3.30. The highest BCUT2D eigenvalue weighted by molar-refractivity contribution is 7.93. The van der Waals surface area contributed by atoms with Crippen LogP contribution in [0.4, 0.5) is 10.1 Å². The lowest BCUT2D eigenvalue weighted by atomic mass is 10.1. The summed E-state index contributed by atoms with van der Waals surface area (Å²) in [7, 11) is -2.73. The zero-order chi connectivity index (χ0) is 24.3. The fourth-order valence-electron chi connectivity index (χ4n) is 3.41. The number of carbonyl (C=O) groups excluding carboxylic acids is 1. The number of sulfonamides is 1. The van der Waals surface area contributed by atoms with Gasteiger partial charge in [0.2, 0.25) is 0 Å². The summed E-state index contributed by atoms with van der Waals surface area (Å²) < 4.78 is 42.7. The molecule has 0 saturated carbocycles. The van der Waals surface area contributed by atoms with E-state index in [9.17, 15) is 17.6 Å². The van der Waals surface area contributed by atoms with Crippen LogP contribution in [0.25, 0.3) is 11.1 Å². The molecular formula is C25H22FN3O3S2. The molecule has 1 N–H and O–H groups in total. The Morgan fingerprint density at radius 3 is 2.56 bits per heavy atom. The van der Waals surface area contributed by atoms with Gasteiger partial charge in [0.05, 0.1) is 5.69 Å². The molecule has 0 atom stereocenters. The molecule has 0 aliphatic carbocycles. The highest BCUT2D eigenvalue weighted by Gasteiger charge is 2.32. The highest BCUT2D eigenvalue weighted by atomic mass is 32.2. The monoisotopic (exact) mass is 495 g/mol. The highest BCUT2D eigenvalue weighted by Crippen LogP contribution is 2.38. The zero-order valence-corrected chi connectivity index (χ0v) is 20.2. The lowest BCUT2D eigenvalue weighted by Crippen LogP contribution is -2.30. The lowest BCUT2D eigenvalue weighted by molar-refractivity contribution is 0.0952. The van der Waals surface area contributed by atoms with E-state index in [4.69, 9.17) is 0 Å². The molecule has 174 valence electrons. The SMILES string of the molecule is Cc1ccc(N(C)S(=O)(=O)c2c(-c3cccc(F)c3)csc2C(=O)NCc2cccnc2)cc1. The fraction of sp³-hybridized carbons (Fsp3) is 0.120. The van der Waals surface area contributed by atoms with Crippen LogP contribution in [0.1, 0.15) is 20.8 Å². The van der Waals surface area contributed by atoms with Crippen LogP contribution < -0.4 is 9.62 Å². The van der Waals surface area contributed by atoms with Gasteiger partial charge in [-0.25, -0.2) is 12.8 Å². The van der Waals surface area contributed by atoms with Crippen LogP contribution in [0.2, 0.25) is 0 Å². The van der Waals surface area contributed by atoms with Crippen molar-refractivity contribution < 1.29 is 17.6 Å². The molecule has 34 heavy (non-hydrogen) atoms. The third kappa shape index (κ3) is 4.85. The Morgan fingerprint density at radius 1 is 1.12 bits per heavy atom. The van der Waals surface area contributed by atoms with E-state index in [0.29, 0.717) is 11.3 Å². The molecule has 0 aliphatic heterocycles. The minimum atomic E-state index is -4.16. The largest absolute Gasteiger partial charge is 0.347 e. The first-order chi connectivity index (χ1) is 16.3. The van der Waals surface area contributed by atoms with Crippen molar-refractivity contribution in [1.29, 1.82) is 0 Å². The Kier molecular flexibility index (Phi) is 6.76. The number of hydrogen-bond acceptors (Lipinski definition) is 5. The van der Waals surface area contributed by atoms with Gasteiger partial charge in [-0.05, 0) is 48.4 Å². The van der Waals surface area contributed by atoms with E-state index in [1.807, 2.05) is 25.1 Å². The molecule has 0 radical (unpaired) electrons. The molecule has 2 heterocycles. The number of thiophene rings is 1. The molecule has 0 fully saturated rings.